The van der Waals surface area contributed by atoms with Crippen molar-refractivity contribution in [2.24, 2.45) is 17.6 Å². The Kier molecular flexibility index (Phi) is 9.50. The molecule has 0 aliphatic heterocycles. The number of nitrogens with one attached hydrogen (secondary N) is 1. The molecule has 6 unspecified atom stereocenters. The molecule has 2 aromatic rings. The number of amides is 2. The number of phenols is 1. The second kappa shape index (κ2) is 12.4. The lowest BCUT2D eigenvalue weighted by molar-refractivity contribution is -0.162. The van der Waals surface area contributed by atoms with Gasteiger partial charge in [0.2, 0.25) is 11.7 Å². The summed E-state index contributed by atoms with van der Waals surface area (Å²) in [4.78, 5) is 53.3. The van der Waals surface area contributed by atoms with Gasteiger partial charge >= 0.3 is 0 Å². The number of benzene rings is 2. The number of carbonyl (C=O) groups is 4. The summed E-state index contributed by atoms with van der Waals surface area (Å²) in [7, 11) is 4.43. The summed E-state index contributed by atoms with van der Waals surface area (Å²) in [6, 6.07) is 8.21. The number of aliphatic hydroxyl groups is 4. The van der Waals surface area contributed by atoms with E-state index in [4.69, 9.17) is 10.5 Å². The van der Waals surface area contributed by atoms with Gasteiger partial charge in [-0.1, -0.05) is 41.1 Å². The van der Waals surface area contributed by atoms with E-state index in [-0.39, 0.29) is 33.8 Å². The highest BCUT2D eigenvalue weighted by Crippen LogP contribution is 2.56. The van der Waals surface area contributed by atoms with Crippen LogP contribution >= 0.6 is 32.9 Å². The predicted molar refractivity (Wildman–Crippen MR) is 173 cm³/mol. The number of nitrogens with two attached hydrogens (primary N) is 1. The Hall–Kier alpha value is -3.76. The first-order chi connectivity index (χ1) is 21.1. The topological polar surface area (TPSA) is 220 Å². The van der Waals surface area contributed by atoms with E-state index in [0.29, 0.717) is 11.3 Å². The number of carbonyl (C=O) groups excluding carboxylic acids is 4. The number of Topliss-reactive ketones (excluding diaryl/α,β-unsaturated/α-hetero) is 2. The van der Waals surface area contributed by atoms with E-state index in [2.05, 4.69) is 21.2 Å². The van der Waals surface area contributed by atoms with Gasteiger partial charge in [-0.05, 0) is 49.3 Å². The van der Waals surface area contributed by atoms with Gasteiger partial charge in [-0.15, -0.1) is 17.0 Å². The second-order valence-corrected chi connectivity index (χ2v) is 12.5. The fraction of sp³-hybridized carbons (Fsp3) is 0.355. The van der Waals surface area contributed by atoms with Crippen molar-refractivity contribution in [2.75, 3.05) is 26.5 Å². The lowest BCUT2D eigenvalue weighted by Crippen LogP contribution is -2.68. The van der Waals surface area contributed by atoms with Gasteiger partial charge in [0.05, 0.1) is 36.4 Å². The molecule has 2 aromatic carbocycles. The molecule has 13 nitrogen and oxygen atoms in total. The third kappa shape index (κ3) is 5.01. The molecule has 0 fully saturated rings. The van der Waals surface area contributed by atoms with Crippen LogP contribution in [0.25, 0.3) is 0 Å². The maximum Gasteiger partial charge on any atom is 0.255 e. The van der Waals surface area contributed by atoms with Gasteiger partial charge < -0.3 is 41.3 Å². The highest BCUT2D eigenvalue weighted by Gasteiger charge is 2.67. The van der Waals surface area contributed by atoms with Gasteiger partial charge in [0.15, 0.2) is 17.1 Å². The number of phenolic OH excluding ortho intramolecular Hbond substituents is 1. The Labute approximate surface area is 282 Å². The monoisotopic (exact) mass is 765 g/mol. The van der Waals surface area contributed by atoms with Crippen molar-refractivity contribution in [3.63, 3.8) is 0 Å². The van der Waals surface area contributed by atoms with Gasteiger partial charge in [0, 0.05) is 11.5 Å². The molecule has 0 bridgehead atoms. The first-order valence-electron chi connectivity index (χ1n) is 13.9. The number of hydrogen-bond donors (Lipinski definition) is 7. The number of aliphatic hydroxyl groups excluding tert-OH is 3. The zero-order chi connectivity index (χ0) is 33.3. The smallest absolute Gasteiger partial charge is 0.255 e. The quantitative estimate of drug-likeness (QED) is 0.129. The molecule has 0 saturated carbocycles. The molecule has 3 aliphatic carbocycles. The summed E-state index contributed by atoms with van der Waals surface area (Å²) in [6.07, 6.45) is -1.71. The van der Waals surface area contributed by atoms with Crippen LogP contribution in [0.4, 0.5) is 5.69 Å². The van der Waals surface area contributed by atoms with Gasteiger partial charge in [0.1, 0.15) is 27.7 Å². The van der Waals surface area contributed by atoms with Gasteiger partial charge in [-0.3, -0.25) is 24.1 Å². The van der Waals surface area contributed by atoms with Crippen LogP contribution in [0.3, 0.4) is 0 Å². The molecule has 246 valence electrons. The van der Waals surface area contributed by atoms with Gasteiger partial charge in [0.25, 0.3) is 5.91 Å². The fourth-order valence-electron chi connectivity index (χ4n) is 6.84. The van der Waals surface area contributed by atoms with Crippen LogP contribution in [0.2, 0.25) is 0 Å². The third-order valence-corrected chi connectivity index (χ3v) is 9.97. The molecular formula is C31H33Br2N3O10. The molecule has 2 amide bonds. The normalized spacial score (nSPS) is 27.7. The van der Waals surface area contributed by atoms with E-state index >= 15 is 0 Å². The zero-order valence-electron chi connectivity index (χ0n) is 25.0. The molecule has 7 atom stereocenters. The van der Waals surface area contributed by atoms with E-state index in [1.54, 1.807) is 31.2 Å². The first kappa shape index (κ1) is 35.1. The first-order valence-corrected chi connectivity index (χ1v) is 14.8. The Morgan fingerprint density at radius 1 is 1.09 bits per heavy atom. The Bertz CT molecular complexity index is 1710. The number of anilines is 1. The minimum absolute atomic E-state index is 0. The summed E-state index contributed by atoms with van der Waals surface area (Å²) < 4.78 is 5.13. The standard InChI is InChI=1S/C31H32BrN3O10.BrH/c1-11-14-9-10-15(34-30(43)21(32)12-5-7-13(45-4)8-6-12)23(36)17(14)24(37)18-16(11)25(38)20-22(35(2)3)26(39)19(29(33)42)28(41)31(20,44)27(18)40;/h5-11,16,20-22,25,36,38-40,44H,1-4H3,(H2,33,42)(H,34,43);1H/t11?,16?,20?,21?,22-,25?,31?;/m0./s1. The number of alkyl halides is 1. The molecule has 8 N–H and O–H groups in total. The van der Waals surface area contributed by atoms with Crippen LogP contribution in [0.15, 0.2) is 59.1 Å². The van der Waals surface area contributed by atoms with Crippen LogP contribution in [-0.2, 0) is 14.4 Å². The number of rotatable bonds is 6. The van der Waals surface area contributed by atoms with E-state index in [1.807, 2.05) is 0 Å². The number of fused-ring (bicyclic) bond motifs is 3. The number of hydrogen-bond acceptors (Lipinski definition) is 11. The van der Waals surface area contributed by atoms with Crippen molar-refractivity contribution in [2.45, 2.75) is 35.4 Å². The van der Waals surface area contributed by atoms with Crippen LogP contribution in [0, 0.1) is 11.8 Å². The highest BCUT2D eigenvalue weighted by molar-refractivity contribution is 9.09. The van der Waals surface area contributed by atoms with E-state index < -0.39 is 92.1 Å². The van der Waals surface area contributed by atoms with Crippen molar-refractivity contribution >= 4 is 62.0 Å². The molecule has 0 radical (unpaired) electrons. The number of aromatic hydroxyl groups is 1. The van der Waals surface area contributed by atoms with Crippen LogP contribution < -0.4 is 15.8 Å². The molecule has 0 spiro atoms. The maximum atomic E-state index is 14.0. The summed E-state index contributed by atoms with van der Waals surface area (Å²) in [5.74, 6) is -9.99. The van der Waals surface area contributed by atoms with Crippen LogP contribution in [0.1, 0.15) is 39.2 Å². The lowest BCUT2D eigenvalue weighted by Gasteiger charge is -2.53. The molecule has 0 heterocycles. The number of halogens is 2. The zero-order valence-corrected chi connectivity index (χ0v) is 28.3. The van der Waals surface area contributed by atoms with Crippen molar-refractivity contribution in [1.29, 1.82) is 0 Å². The largest absolute Gasteiger partial charge is 0.510 e. The molecule has 0 saturated heterocycles. The van der Waals surface area contributed by atoms with E-state index in [0.717, 1.165) is 0 Å². The second-order valence-electron chi connectivity index (χ2n) is 11.6. The number of ether oxygens (including phenoxy) is 1. The number of nitrogens with zero attached hydrogens (tertiary/aromatic N) is 1. The summed E-state index contributed by atoms with van der Waals surface area (Å²) in [6.45, 7) is 1.62. The van der Waals surface area contributed by atoms with Crippen molar-refractivity contribution in [3.05, 3.63) is 75.8 Å². The molecule has 3 aliphatic rings. The Morgan fingerprint density at radius 2 is 1.70 bits per heavy atom. The minimum atomic E-state index is -3.02. The van der Waals surface area contributed by atoms with Crippen molar-refractivity contribution in [3.8, 4) is 11.5 Å². The number of ketones is 2. The third-order valence-electron chi connectivity index (χ3n) is 9.03. The number of methoxy groups -OCH3 is 1. The predicted octanol–water partition coefficient (Wildman–Crippen LogP) is 2.31. The summed E-state index contributed by atoms with van der Waals surface area (Å²) in [5.41, 5.74) is 1.21. The summed E-state index contributed by atoms with van der Waals surface area (Å²) >= 11 is 3.33. The molecule has 0 aromatic heterocycles. The number of likely N-dealkylation sites (N-methyl/N-ethyl adjacent to an activating group) is 1. The van der Waals surface area contributed by atoms with E-state index in [9.17, 15) is 44.7 Å². The van der Waals surface area contributed by atoms with Crippen molar-refractivity contribution < 1.29 is 49.4 Å². The number of primary amides is 1. The molecule has 15 heteroatoms. The average molecular weight is 767 g/mol. The average Bonchev–Trinajstić information content (AvgIpc) is 2.99. The molecule has 46 heavy (non-hydrogen) atoms. The Balaban J connectivity index is 0.00000480. The van der Waals surface area contributed by atoms with Crippen molar-refractivity contribution in [1.82, 2.24) is 4.90 Å². The van der Waals surface area contributed by atoms with Gasteiger partial charge in [-0.25, -0.2) is 0 Å². The van der Waals surface area contributed by atoms with Gasteiger partial charge in [-0.2, -0.15) is 0 Å². The van der Waals surface area contributed by atoms with Crippen LogP contribution in [0.5, 0.6) is 11.5 Å². The SMILES string of the molecule is Br.COc1ccc(C(Br)C(=O)Nc2ccc3c(c2O)C(=O)C2=C(O)C4(O)C(=O)C(C(N)=O)=C(O)[C@@H](N(C)C)C4C(O)C2C3C)cc1. The van der Waals surface area contributed by atoms with Crippen LogP contribution in [-0.4, -0.2) is 92.8 Å². The highest BCUT2D eigenvalue weighted by atomic mass is 79.9. The molecule has 5 rings (SSSR count). The fourth-order valence-corrected chi connectivity index (χ4v) is 7.26. The maximum absolute atomic E-state index is 14.0. The summed E-state index contributed by atoms with van der Waals surface area (Å²) in [5, 5.41) is 59.8. The minimum Gasteiger partial charge on any atom is -0.510 e. The lowest BCUT2D eigenvalue weighted by atomic mass is 9.55. The molecular weight excluding hydrogens is 734 g/mol. The van der Waals surface area contributed by atoms with E-state index in [1.165, 1.54) is 38.2 Å². The Morgan fingerprint density at radius 3 is 2.24 bits per heavy atom.